The third-order valence-electron chi connectivity index (χ3n) is 2.65. The molecule has 0 aliphatic carbocycles. The van der Waals surface area contributed by atoms with Crippen molar-refractivity contribution >= 4 is 5.97 Å². The predicted octanol–water partition coefficient (Wildman–Crippen LogP) is 0.962. The number of aliphatic carboxylic acids is 1. The Bertz CT molecular complexity index is 399. The lowest BCUT2D eigenvalue weighted by molar-refractivity contribution is -0.143. The smallest absolute Gasteiger partial charge is 0.328 e. The summed E-state index contributed by atoms with van der Waals surface area (Å²) in [4.78, 5) is 25.1. The van der Waals surface area contributed by atoms with E-state index in [0.717, 1.165) is 5.01 Å². The number of carbonyl (C=O) groups is 1. The van der Waals surface area contributed by atoms with E-state index in [1.54, 1.807) is 18.3 Å². The molecule has 0 aliphatic heterocycles. The van der Waals surface area contributed by atoms with Gasteiger partial charge in [-0.05, 0) is 24.5 Å². The quantitative estimate of drug-likeness (QED) is 0.554. The van der Waals surface area contributed by atoms with E-state index >= 15 is 0 Å². The molecular weight excluding hydrogens is 238 g/mol. The number of aromatic nitrogens is 1. The van der Waals surface area contributed by atoms with Crippen molar-refractivity contribution in [1.29, 1.82) is 0 Å². The molecule has 18 heavy (non-hydrogen) atoms. The van der Waals surface area contributed by atoms with Crippen LogP contribution in [0.15, 0.2) is 29.8 Å². The van der Waals surface area contributed by atoms with Crippen molar-refractivity contribution < 1.29 is 15.0 Å². The average molecular weight is 253 g/mol. The first-order chi connectivity index (χ1) is 8.56. The van der Waals surface area contributed by atoms with Gasteiger partial charge in [0, 0.05) is 19.4 Å². The van der Waals surface area contributed by atoms with Crippen molar-refractivity contribution in [3.63, 3.8) is 0 Å². The molecular formula is C11H15N3O4. The van der Waals surface area contributed by atoms with E-state index < -0.39 is 18.1 Å². The number of aliphatic hydroxyl groups excluding tert-OH is 1. The summed E-state index contributed by atoms with van der Waals surface area (Å²) in [5.41, 5.74) is 0.614. The highest BCUT2D eigenvalue weighted by Crippen LogP contribution is 2.19. The summed E-state index contributed by atoms with van der Waals surface area (Å²) in [6, 6.07) is 2.36. The number of rotatable bonds is 7. The van der Waals surface area contributed by atoms with Crippen LogP contribution in [0.3, 0.4) is 0 Å². The van der Waals surface area contributed by atoms with Crippen molar-refractivity contribution in [2.24, 2.45) is 5.29 Å². The molecule has 2 atom stereocenters. The van der Waals surface area contributed by atoms with Crippen molar-refractivity contribution in [3.05, 3.63) is 35.0 Å². The normalized spacial score (nSPS) is 13.7. The van der Waals surface area contributed by atoms with Gasteiger partial charge in [0.1, 0.15) is 6.04 Å². The van der Waals surface area contributed by atoms with Crippen molar-refractivity contribution in [2.75, 3.05) is 7.05 Å². The van der Waals surface area contributed by atoms with Crippen LogP contribution in [0.1, 0.15) is 24.5 Å². The number of nitroso groups, excluding NO2 is 1. The van der Waals surface area contributed by atoms with E-state index in [2.05, 4.69) is 10.3 Å². The number of pyridine rings is 1. The Labute approximate surface area is 104 Å². The van der Waals surface area contributed by atoms with Gasteiger partial charge in [-0.25, -0.2) is 9.80 Å². The molecule has 0 aromatic carbocycles. The van der Waals surface area contributed by atoms with Crippen LogP contribution in [-0.4, -0.2) is 39.3 Å². The molecule has 0 spiro atoms. The maximum atomic E-state index is 10.9. The zero-order valence-electron chi connectivity index (χ0n) is 9.93. The van der Waals surface area contributed by atoms with Crippen LogP contribution in [0, 0.1) is 4.91 Å². The molecule has 1 rings (SSSR count). The second kappa shape index (κ2) is 6.65. The zero-order chi connectivity index (χ0) is 13.5. The summed E-state index contributed by atoms with van der Waals surface area (Å²) in [7, 11) is 1.29. The first kappa shape index (κ1) is 14.0. The van der Waals surface area contributed by atoms with Crippen LogP contribution < -0.4 is 0 Å². The highest BCUT2D eigenvalue weighted by Gasteiger charge is 2.24. The standard InChI is InChI=1S/C11H15N3O4/c1-14(13-18)9(11(16)17)4-5-10(15)8-3-2-6-12-7-8/h2-3,6-7,9-10,15H,4-5H2,1H3,(H,16,17). The Balaban J connectivity index is 2.57. The van der Waals surface area contributed by atoms with Crippen LogP contribution in [0.4, 0.5) is 0 Å². The summed E-state index contributed by atoms with van der Waals surface area (Å²) < 4.78 is 0. The number of hydrogen-bond donors (Lipinski definition) is 2. The molecule has 7 heteroatoms. The van der Waals surface area contributed by atoms with Crippen LogP contribution >= 0.6 is 0 Å². The van der Waals surface area contributed by atoms with E-state index in [-0.39, 0.29) is 12.8 Å². The highest BCUT2D eigenvalue weighted by molar-refractivity contribution is 5.73. The van der Waals surface area contributed by atoms with Gasteiger partial charge in [0.15, 0.2) is 0 Å². The minimum absolute atomic E-state index is 0.119. The van der Waals surface area contributed by atoms with Crippen LogP contribution in [0.25, 0.3) is 0 Å². The summed E-state index contributed by atoms with van der Waals surface area (Å²) in [6.45, 7) is 0. The lowest BCUT2D eigenvalue weighted by atomic mass is 10.0. The van der Waals surface area contributed by atoms with Gasteiger partial charge in [0.2, 0.25) is 0 Å². The Kier molecular flexibility index (Phi) is 5.19. The Morgan fingerprint density at radius 1 is 1.56 bits per heavy atom. The molecule has 0 saturated heterocycles. The van der Waals surface area contributed by atoms with Gasteiger partial charge in [-0.1, -0.05) is 6.07 Å². The molecule has 0 aliphatic rings. The lowest BCUT2D eigenvalue weighted by Crippen LogP contribution is -2.34. The van der Waals surface area contributed by atoms with Crippen LogP contribution in [0.5, 0.6) is 0 Å². The van der Waals surface area contributed by atoms with Crippen LogP contribution in [-0.2, 0) is 4.79 Å². The first-order valence-electron chi connectivity index (χ1n) is 5.43. The Morgan fingerprint density at radius 2 is 2.28 bits per heavy atom. The van der Waals surface area contributed by atoms with Gasteiger partial charge in [0.05, 0.1) is 11.4 Å². The SMILES string of the molecule is CN(N=O)C(CCC(O)c1cccnc1)C(=O)O. The molecule has 98 valence electrons. The van der Waals surface area contributed by atoms with E-state index in [1.807, 2.05) is 0 Å². The average Bonchev–Trinajstić information content (AvgIpc) is 2.39. The zero-order valence-corrected chi connectivity index (χ0v) is 9.93. The molecule has 2 unspecified atom stereocenters. The number of carboxylic acid groups (broad SMARTS) is 1. The van der Waals surface area contributed by atoms with Gasteiger partial charge in [-0.3, -0.25) is 4.98 Å². The second-order valence-electron chi connectivity index (χ2n) is 3.89. The lowest BCUT2D eigenvalue weighted by Gasteiger charge is -2.19. The monoisotopic (exact) mass is 253 g/mol. The fourth-order valence-corrected chi connectivity index (χ4v) is 1.58. The number of aliphatic hydroxyl groups is 1. The molecule has 1 heterocycles. The van der Waals surface area contributed by atoms with E-state index in [9.17, 15) is 14.8 Å². The molecule has 7 nitrogen and oxygen atoms in total. The summed E-state index contributed by atoms with van der Waals surface area (Å²) in [5.74, 6) is -1.14. The second-order valence-corrected chi connectivity index (χ2v) is 3.89. The maximum Gasteiger partial charge on any atom is 0.328 e. The fourth-order valence-electron chi connectivity index (χ4n) is 1.58. The van der Waals surface area contributed by atoms with Crippen LogP contribution in [0.2, 0.25) is 0 Å². The molecule has 0 radical (unpaired) electrons. The largest absolute Gasteiger partial charge is 0.480 e. The molecule has 2 N–H and O–H groups in total. The molecule has 0 saturated carbocycles. The molecule has 0 amide bonds. The third-order valence-corrected chi connectivity index (χ3v) is 2.65. The number of carboxylic acids is 1. The van der Waals surface area contributed by atoms with E-state index in [0.29, 0.717) is 5.56 Å². The van der Waals surface area contributed by atoms with E-state index in [1.165, 1.54) is 13.2 Å². The highest BCUT2D eigenvalue weighted by atomic mass is 16.4. The summed E-state index contributed by atoms with van der Waals surface area (Å²) in [6.07, 6.45) is 2.62. The molecule has 1 aromatic rings. The number of hydrogen-bond acceptors (Lipinski definition) is 5. The molecule has 0 bridgehead atoms. The van der Waals surface area contributed by atoms with Gasteiger partial charge < -0.3 is 10.2 Å². The minimum atomic E-state index is -1.14. The third kappa shape index (κ3) is 3.77. The van der Waals surface area contributed by atoms with Gasteiger partial charge in [-0.15, -0.1) is 4.91 Å². The number of likely N-dealkylation sites (N-methyl/N-ethyl adjacent to an activating group) is 1. The van der Waals surface area contributed by atoms with Crippen molar-refractivity contribution in [2.45, 2.75) is 25.0 Å². The Morgan fingerprint density at radius 3 is 2.78 bits per heavy atom. The number of nitrogens with zero attached hydrogens (tertiary/aromatic N) is 3. The molecule has 0 fully saturated rings. The maximum absolute atomic E-state index is 10.9. The fraction of sp³-hybridized carbons (Fsp3) is 0.455. The van der Waals surface area contributed by atoms with Crippen molar-refractivity contribution in [3.8, 4) is 0 Å². The van der Waals surface area contributed by atoms with Gasteiger partial charge in [0.25, 0.3) is 0 Å². The minimum Gasteiger partial charge on any atom is -0.480 e. The van der Waals surface area contributed by atoms with E-state index in [4.69, 9.17) is 5.11 Å². The summed E-state index contributed by atoms with van der Waals surface area (Å²) >= 11 is 0. The first-order valence-corrected chi connectivity index (χ1v) is 5.43. The van der Waals surface area contributed by atoms with Gasteiger partial charge >= 0.3 is 5.97 Å². The Hall–Kier alpha value is -2.02. The van der Waals surface area contributed by atoms with Crippen molar-refractivity contribution in [1.82, 2.24) is 9.99 Å². The van der Waals surface area contributed by atoms with Gasteiger partial charge in [-0.2, -0.15) is 0 Å². The topological polar surface area (TPSA) is 103 Å². The molecule has 1 aromatic heterocycles. The predicted molar refractivity (Wildman–Crippen MR) is 63.4 cm³/mol. The summed E-state index contributed by atoms with van der Waals surface area (Å²) in [5, 5.41) is 22.2.